The molecule has 1 N–H and O–H groups in total. The standard InChI is InChI=1S/C28H29F3N4O/c29-21-2-8-24(9-3-21)34(25-10-4-22(30)5-11-25)17-1-16-33-18-14-28(15-19-33)27(36)32-20-35(28)26-12-6-23(31)7-13-26/h2-13H,1,14-20H2,(H,32,36). The lowest BCUT2D eigenvalue weighted by Gasteiger charge is -2.43. The predicted molar refractivity (Wildman–Crippen MR) is 135 cm³/mol. The van der Waals surface area contributed by atoms with Gasteiger partial charge < -0.3 is 20.0 Å². The molecule has 3 aromatic rings. The molecule has 8 heteroatoms. The zero-order valence-corrected chi connectivity index (χ0v) is 20.0. The first-order chi connectivity index (χ1) is 17.4. The van der Waals surface area contributed by atoms with Gasteiger partial charge in [-0.3, -0.25) is 4.79 Å². The summed E-state index contributed by atoms with van der Waals surface area (Å²) in [5.41, 5.74) is 1.93. The topological polar surface area (TPSA) is 38.8 Å². The molecule has 0 radical (unpaired) electrons. The van der Waals surface area contributed by atoms with Crippen LogP contribution >= 0.6 is 0 Å². The van der Waals surface area contributed by atoms with Gasteiger partial charge in [0.2, 0.25) is 5.91 Å². The fraction of sp³-hybridized carbons (Fsp3) is 0.321. The highest BCUT2D eigenvalue weighted by molar-refractivity contribution is 5.93. The van der Waals surface area contributed by atoms with E-state index in [9.17, 15) is 18.0 Å². The number of carbonyl (C=O) groups is 1. The highest BCUT2D eigenvalue weighted by atomic mass is 19.1. The van der Waals surface area contributed by atoms with Crippen molar-refractivity contribution in [1.29, 1.82) is 0 Å². The summed E-state index contributed by atoms with van der Waals surface area (Å²) in [4.78, 5) is 19.3. The number of anilines is 3. The number of carbonyl (C=O) groups excluding carboxylic acids is 1. The van der Waals surface area contributed by atoms with E-state index in [0.29, 0.717) is 26.1 Å². The van der Waals surface area contributed by atoms with Crippen molar-refractivity contribution in [3.8, 4) is 0 Å². The summed E-state index contributed by atoms with van der Waals surface area (Å²) in [5, 5.41) is 2.98. The van der Waals surface area contributed by atoms with Crippen LogP contribution in [0.3, 0.4) is 0 Å². The summed E-state index contributed by atoms with van der Waals surface area (Å²) in [6, 6.07) is 18.9. The monoisotopic (exact) mass is 494 g/mol. The van der Waals surface area contributed by atoms with Gasteiger partial charge in [0.1, 0.15) is 23.0 Å². The van der Waals surface area contributed by atoms with Crippen LogP contribution in [0.5, 0.6) is 0 Å². The Morgan fingerprint density at radius 3 is 1.81 bits per heavy atom. The van der Waals surface area contributed by atoms with Crippen molar-refractivity contribution in [3.63, 3.8) is 0 Å². The minimum Gasteiger partial charge on any atom is -0.341 e. The van der Waals surface area contributed by atoms with E-state index in [1.807, 2.05) is 0 Å². The molecular formula is C28H29F3N4O. The number of hydrogen-bond donors (Lipinski definition) is 1. The Morgan fingerprint density at radius 1 is 0.778 bits per heavy atom. The van der Waals surface area contributed by atoms with Gasteiger partial charge in [-0.1, -0.05) is 0 Å². The highest BCUT2D eigenvalue weighted by Gasteiger charge is 2.50. The molecule has 2 aliphatic rings. The fourth-order valence-corrected chi connectivity index (χ4v) is 5.29. The maximum Gasteiger partial charge on any atom is 0.247 e. The van der Waals surface area contributed by atoms with Gasteiger partial charge in [0.15, 0.2) is 0 Å². The van der Waals surface area contributed by atoms with Crippen LogP contribution in [0.4, 0.5) is 30.2 Å². The zero-order chi connectivity index (χ0) is 25.1. The summed E-state index contributed by atoms with van der Waals surface area (Å²) >= 11 is 0. The molecule has 0 unspecified atom stereocenters. The molecule has 0 saturated carbocycles. The van der Waals surface area contributed by atoms with E-state index in [1.54, 1.807) is 36.4 Å². The lowest BCUT2D eigenvalue weighted by molar-refractivity contribution is -0.125. The Hall–Kier alpha value is -3.52. The highest BCUT2D eigenvalue weighted by Crippen LogP contribution is 2.36. The molecule has 0 bridgehead atoms. The van der Waals surface area contributed by atoms with Crippen molar-refractivity contribution in [2.45, 2.75) is 24.8 Å². The molecule has 0 atom stereocenters. The van der Waals surface area contributed by atoms with Gasteiger partial charge in [0, 0.05) is 36.7 Å². The van der Waals surface area contributed by atoms with E-state index < -0.39 is 5.54 Å². The summed E-state index contributed by atoms with van der Waals surface area (Å²) in [7, 11) is 0. The van der Waals surface area contributed by atoms with Gasteiger partial charge in [-0.15, -0.1) is 0 Å². The third-order valence-electron chi connectivity index (χ3n) is 7.29. The molecule has 1 amide bonds. The van der Waals surface area contributed by atoms with Crippen molar-refractivity contribution < 1.29 is 18.0 Å². The molecule has 3 aromatic carbocycles. The number of nitrogens with zero attached hydrogens (tertiary/aromatic N) is 3. The smallest absolute Gasteiger partial charge is 0.247 e. The van der Waals surface area contributed by atoms with E-state index in [1.165, 1.54) is 36.4 Å². The number of likely N-dealkylation sites (tertiary alicyclic amines) is 1. The average molecular weight is 495 g/mol. The van der Waals surface area contributed by atoms with Crippen molar-refractivity contribution in [2.24, 2.45) is 0 Å². The minimum absolute atomic E-state index is 0.0327. The number of halogens is 3. The van der Waals surface area contributed by atoms with Gasteiger partial charge in [-0.2, -0.15) is 0 Å². The van der Waals surface area contributed by atoms with Crippen molar-refractivity contribution in [3.05, 3.63) is 90.2 Å². The maximum absolute atomic E-state index is 13.5. The number of piperidine rings is 1. The molecule has 2 saturated heterocycles. The molecular weight excluding hydrogens is 465 g/mol. The molecule has 5 nitrogen and oxygen atoms in total. The lowest BCUT2D eigenvalue weighted by Crippen LogP contribution is -2.56. The van der Waals surface area contributed by atoms with Crippen molar-refractivity contribution >= 4 is 23.0 Å². The summed E-state index contributed by atoms with van der Waals surface area (Å²) < 4.78 is 40.4. The van der Waals surface area contributed by atoms with Crippen LogP contribution in [0.2, 0.25) is 0 Å². The van der Waals surface area contributed by atoms with Gasteiger partial charge in [-0.25, -0.2) is 13.2 Å². The largest absolute Gasteiger partial charge is 0.341 e. The van der Waals surface area contributed by atoms with E-state index in [4.69, 9.17) is 0 Å². The predicted octanol–water partition coefficient (Wildman–Crippen LogP) is 5.06. The Balaban J connectivity index is 1.22. The molecule has 2 heterocycles. The van der Waals surface area contributed by atoms with Crippen LogP contribution in [-0.2, 0) is 4.79 Å². The SMILES string of the molecule is O=C1NCN(c2ccc(F)cc2)C12CCN(CCCN(c1ccc(F)cc1)c1ccc(F)cc1)CC2. The number of benzene rings is 3. The number of amides is 1. The Morgan fingerprint density at radius 2 is 1.28 bits per heavy atom. The fourth-order valence-electron chi connectivity index (χ4n) is 5.29. The molecule has 0 aromatic heterocycles. The van der Waals surface area contributed by atoms with E-state index in [2.05, 4.69) is 20.0 Å². The van der Waals surface area contributed by atoms with Crippen LogP contribution in [0.1, 0.15) is 19.3 Å². The third-order valence-corrected chi connectivity index (χ3v) is 7.29. The van der Waals surface area contributed by atoms with Gasteiger partial charge in [0.25, 0.3) is 0 Å². The lowest BCUT2D eigenvalue weighted by atomic mass is 9.85. The number of hydrogen-bond acceptors (Lipinski definition) is 4. The average Bonchev–Trinajstić information content (AvgIpc) is 3.20. The molecule has 188 valence electrons. The summed E-state index contributed by atoms with van der Waals surface area (Å²) in [6.07, 6.45) is 2.22. The van der Waals surface area contributed by atoms with Gasteiger partial charge in [-0.05, 0) is 98.6 Å². The molecule has 2 fully saturated rings. The van der Waals surface area contributed by atoms with Crippen LogP contribution in [0.25, 0.3) is 0 Å². The first-order valence-electron chi connectivity index (χ1n) is 12.3. The molecule has 2 aliphatic heterocycles. The first-order valence-corrected chi connectivity index (χ1v) is 12.3. The number of rotatable bonds is 7. The first kappa shape index (κ1) is 24.2. The Kier molecular flexibility index (Phi) is 6.87. The van der Waals surface area contributed by atoms with Crippen LogP contribution in [0.15, 0.2) is 72.8 Å². The summed E-state index contributed by atoms with van der Waals surface area (Å²) in [5.74, 6) is -0.863. The third kappa shape index (κ3) is 4.91. The number of nitrogens with one attached hydrogen (secondary N) is 1. The normalized spacial score (nSPS) is 17.4. The minimum atomic E-state index is -0.609. The molecule has 36 heavy (non-hydrogen) atoms. The van der Waals surface area contributed by atoms with Crippen molar-refractivity contribution in [2.75, 3.05) is 42.6 Å². The van der Waals surface area contributed by atoms with E-state index in [0.717, 1.165) is 43.1 Å². The Bertz CT molecular complexity index is 1130. The second kappa shape index (κ2) is 10.2. The van der Waals surface area contributed by atoms with Crippen LogP contribution in [0, 0.1) is 17.5 Å². The molecule has 0 aliphatic carbocycles. The van der Waals surface area contributed by atoms with Gasteiger partial charge in [0.05, 0.1) is 6.67 Å². The Labute approximate surface area is 209 Å². The quantitative estimate of drug-likeness (QED) is 0.498. The van der Waals surface area contributed by atoms with Gasteiger partial charge >= 0.3 is 0 Å². The molecule has 5 rings (SSSR count). The molecule has 1 spiro atoms. The second-order valence-corrected chi connectivity index (χ2v) is 9.40. The van der Waals surface area contributed by atoms with Crippen molar-refractivity contribution in [1.82, 2.24) is 10.2 Å². The van der Waals surface area contributed by atoms with Crippen LogP contribution < -0.4 is 15.1 Å². The zero-order valence-electron chi connectivity index (χ0n) is 20.0. The van der Waals surface area contributed by atoms with E-state index >= 15 is 0 Å². The van der Waals surface area contributed by atoms with Crippen LogP contribution in [-0.4, -0.2) is 49.2 Å². The second-order valence-electron chi connectivity index (χ2n) is 9.40. The maximum atomic E-state index is 13.5. The van der Waals surface area contributed by atoms with E-state index in [-0.39, 0.29) is 23.4 Å². The summed E-state index contributed by atoms with van der Waals surface area (Å²) in [6.45, 7) is 3.50.